The van der Waals surface area contributed by atoms with Crippen LogP contribution in [0.1, 0.15) is 13.8 Å². The second-order valence-electron chi connectivity index (χ2n) is 2.30. The lowest BCUT2D eigenvalue weighted by atomic mass is 10.4. The molecule has 4 nitrogen and oxygen atoms in total. The number of hydrogen-bond donors (Lipinski definition) is 2. The Bertz CT molecular complexity index is 130. The van der Waals surface area contributed by atoms with Gasteiger partial charge in [-0.25, -0.2) is 0 Å². The lowest BCUT2D eigenvalue weighted by Crippen LogP contribution is -2.37. The Balaban J connectivity index is 3.46. The molecule has 64 valence electrons. The van der Waals surface area contributed by atoms with E-state index in [-0.39, 0.29) is 0 Å². The van der Waals surface area contributed by atoms with Crippen LogP contribution >= 0.6 is 0 Å². The molecule has 4 heteroatoms. The van der Waals surface area contributed by atoms with Gasteiger partial charge in [-0.15, -0.1) is 0 Å². The Labute approximate surface area is 67.4 Å². The van der Waals surface area contributed by atoms with Gasteiger partial charge >= 0.3 is 0 Å². The molecular weight excluding hydrogens is 142 g/mol. The van der Waals surface area contributed by atoms with Gasteiger partial charge in [-0.05, 0) is 13.5 Å². The first-order valence-electron chi connectivity index (χ1n) is 3.76. The molecule has 0 aliphatic rings. The third-order valence-electron chi connectivity index (χ3n) is 1.54. The zero-order valence-electron chi connectivity index (χ0n) is 7.04. The molecule has 0 aromatic heterocycles. The molecular formula is C7H15N3O. The van der Waals surface area contributed by atoms with Gasteiger partial charge in [0.2, 0.25) is 0 Å². The second kappa shape index (κ2) is 5.96. The number of likely N-dealkylation sites (N-methyl/N-ethyl adjacent to an activating group) is 1. The largest absolute Gasteiger partial charge is 0.379 e. The lowest BCUT2D eigenvalue weighted by Gasteiger charge is -2.22. The molecule has 1 unspecified atom stereocenters. The number of nitrogens with one attached hydrogen (secondary N) is 1. The minimum absolute atomic E-state index is 0.430. The summed E-state index contributed by atoms with van der Waals surface area (Å²) in [6, 6.07) is 0. The third kappa shape index (κ3) is 4.59. The number of aliphatic hydroxyl groups excluding tert-OH is 1. The van der Waals surface area contributed by atoms with Crippen LogP contribution in [-0.2, 0) is 0 Å². The average Bonchev–Trinajstić information content (AvgIpc) is 1.97. The fourth-order valence-corrected chi connectivity index (χ4v) is 0.865. The molecule has 0 aliphatic carbocycles. The Morgan fingerprint density at radius 1 is 1.73 bits per heavy atom. The van der Waals surface area contributed by atoms with Gasteiger partial charge in [0.25, 0.3) is 0 Å². The molecule has 0 amide bonds. The first-order valence-corrected chi connectivity index (χ1v) is 3.76. The van der Waals surface area contributed by atoms with E-state index >= 15 is 0 Å². The van der Waals surface area contributed by atoms with E-state index in [0.29, 0.717) is 13.1 Å². The maximum Gasteiger partial charge on any atom is 0.176 e. The number of nitrogens with zero attached hydrogens (tertiary/aromatic N) is 2. The highest BCUT2D eigenvalue weighted by Crippen LogP contribution is 1.91. The van der Waals surface area contributed by atoms with E-state index < -0.39 is 6.23 Å². The summed E-state index contributed by atoms with van der Waals surface area (Å²) in [5, 5.41) is 19.8. The molecule has 1 atom stereocenters. The zero-order chi connectivity index (χ0) is 8.69. The van der Waals surface area contributed by atoms with Crippen molar-refractivity contribution in [3.8, 4) is 6.19 Å². The van der Waals surface area contributed by atoms with Crippen molar-refractivity contribution in [2.24, 2.45) is 0 Å². The Kier molecular flexibility index (Phi) is 5.53. The Hall–Kier alpha value is -0.790. The van der Waals surface area contributed by atoms with Gasteiger partial charge in [-0.3, -0.25) is 4.90 Å². The molecule has 0 fully saturated rings. The summed E-state index contributed by atoms with van der Waals surface area (Å²) in [5.74, 6) is 0. The lowest BCUT2D eigenvalue weighted by molar-refractivity contribution is 0.0240. The zero-order valence-corrected chi connectivity index (χ0v) is 7.04. The van der Waals surface area contributed by atoms with E-state index in [1.54, 1.807) is 6.92 Å². The fraction of sp³-hybridized carbons (Fsp3) is 0.857. The van der Waals surface area contributed by atoms with Gasteiger partial charge in [0.05, 0.1) is 0 Å². The SMILES string of the molecule is CCN(CCNC#N)C(C)O. The van der Waals surface area contributed by atoms with E-state index in [2.05, 4.69) is 5.32 Å². The smallest absolute Gasteiger partial charge is 0.176 e. The molecule has 2 N–H and O–H groups in total. The van der Waals surface area contributed by atoms with Crippen LogP contribution in [0.15, 0.2) is 0 Å². The fourth-order valence-electron chi connectivity index (χ4n) is 0.865. The van der Waals surface area contributed by atoms with Crippen molar-refractivity contribution in [2.75, 3.05) is 19.6 Å². The van der Waals surface area contributed by atoms with Crippen LogP contribution in [0, 0.1) is 11.5 Å². The van der Waals surface area contributed by atoms with Gasteiger partial charge in [0.15, 0.2) is 6.19 Å². The summed E-state index contributed by atoms with van der Waals surface area (Å²) < 4.78 is 0. The minimum atomic E-state index is -0.430. The predicted octanol–water partition coefficient (Wildman–Crippen LogP) is -0.283. The maximum absolute atomic E-state index is 9.13. The first-order chi connectivity index (χ1) is 5.22. The van der Waals surface area contributed by atoms with Crippen LogP contribution in [0.5, 0.6) is 0 Å². The molecule has 0 rings (SSSR count). The maximum atomic E-state index is 9.13. The van der Waals surface area contributed by atoms with Gasteiger partial charge < -0.3 is 10.4 Å². The number of aliphatic hydroxyl groups is 1. The first kappa shape index (κ1) is 10.2. The molecule has 11 heavy (non-hydrogen) atoms. The summed E-state index contributed by atoms with van der Waals surface area (Å²) in [4.78, 5) is 1.87. The minimum Gasteiger partial charge on any atom is -0.379 e. The topological polar surface area (TPSA) is 59.3 Å². The number of nitriles is 1. The van der Waals surface area contributed by atoms with Gasteiger partial charge in [0, 0.05) is 13.1 Å². The monoisotopic (exact) mass is 157 g/mol. The highest BCUT2D eigenvalue weighted by atomic mass is 16.3. The molecule has 0 spiro atoms. The van der Waals surface area contributed by atoms with Crippen LogP contribution in [0.25, 0.3) is 0 Å². The van der Waals surface area contributed by atoms with Gasteiger partial charge in [-0.1, -0.05) is 6.92 Å². The predicted molar refractivity (Wildman–Crippen MR) is 42.5 cm³/mol. The summed E-state index contributed by atoms with van der Waals surface area (Å²) in [6.45, 7) is 5.77. The molecule has 0 aromatic rings. The van der Waals surface area contributed by atoms with Crippen molar-refractivity contribution in [1.29, 1.82) is 5.26 Å². The number of rotatable bonds is 5. The van der Waals surface area contributed by atoms with Crippen LogP contribution < -0.4 is 5.32 Å². The van der Waals surface area contributed by atoms with E-state index in [1.165, 1.54) is 0 Å². The Morgan fingerprint density at radius 2 is 2.36 bits per heavy atom. The molecule has 0 aromatic carbocycles. The Morgan fingerprint density at radius 3 is 2.73 bits per heavy atom. The van der Waals surface area contributed by atoms with Crippen molar-refractivity contribution in [3.63, 3.8) is 0 Å². The van der Waals surface area contributed by atoms with Crippen LogP contribution in [0.2, 0.25) is 0 Å². The summed E-state index contributed by atoms with van der Waals surface area (Å²) in [7, 11) is 0. The van der Waals surface area contributed by atoms with Gasteiger partial charge in [-0.2, -0.15) is 5.26 Å². The molecule has 0 saturated carbocycles. The van der Waals surface area contributed by atoms with Crippen LogP contribution in [0.3, 0.4) is 0 Å². The quantitative estimate of drug-likeness (QED) is 0.249. The van der Waals surface area contributed by atoms with E-state index in [4.69, 9.17) is 10.4 Å². The second-order valence-corrected chi connectivity index (χ2v) is 2.30. The van der Waals surface area contributed by atoms with E-state index in [9.17, 15) is 0 Å². The summed E-state index contributed by atoms with van der Waals surface area (Å²) in [5.41, 5.74) is 0. The van der Waals surface area contributed by atoms with E-state index in [1.807, 2.05) is 18.0 Å². The summed E-state index contributed by atoms with van der Waals surface area (Å²) in [6.07, 6.45) is 1.40. The van der Waals surface area contributed by atoms with E-state index in [0.717, 1.165) is 6.54 Å². The highest BCUT2D eigenvalue weighted by Gasteiger charge is 2.06. The molecule has 0 saturated heterocycles. The highest BCUT2D eigenvalue weighted by molar-refractivity contribution is 4.67. The van der Waals surface area contributed by atoms with Crippen molar-refractivity contribution in [1.82, 2.24) is 10.2 Å². The standard InChI is InChI=1S/C7H15N3O/c1-3-10(7(2)11)5-4-9-6-8/h7,9,11H,3-5H2,1-2H3. The molecule has 0 heterocycles. The van der Waals surface area contributed by atoms with Crippen molar-refractivity contribution >= 4 is 0 Å². The van der Waals surface area contributed by atoms with Crippen LogP contribution in [-0.4, -0.2) is 35.9 Å². The van der Waals surface area contributed by atoms with Gasteiger partial charge in [0.1, 0.15) is 6.23 Å². The van der Waals surface area contributed by atoms with Crippen molar-refractivity contribution in [2.45, 2.75) is 20.1 Å². The summed E-state index contributed by atoms with van der Waals surface area (Å²) >= 11 is 0. The van der Waals surface area contributed by atoms with Crippen molar-refractivity contribution < 1.29 is 5.11 Å². The number of hydrogen-bond acceptors (Lipinski definition) is 4. The normalized spacial score (nSPS) is 12.6. The van der Waals surface area contributed by atoms with Crippen molar-refractivity contribution in [3.05, 3.63) is 0 Å². The molecule has 0 radical (unpaired) electrons. The molecule has 0 aliphatic heterocycles. The molecule has 0 bridgehead atoms. The van der Waals surface area contributed by atoms with Crippen LogP contribution in [0.4, 0.5) is 0 Å². The third-order valence-corrected chi connectivity index (χ3v) is 1.54. The average molecular weight is 157 g/mol.